The van der Waals surface area contributed by atoms with E-state index < -0.39 is 0 Å². The number of hydrogen-bond donors (Lipinski definition) is 1. The van der Waals surface area contributed by atoms with Crippen molar-refractivity contribution >= 4 is 44.9 Å². The Hall–Kier alpha value is -1.85. The number of thioether (sulfide) groups is 1. The van der Waals surface area contributed by atoms with Crippen LogP contribution in [-0.4, -0.2) is 16.6 Å². The lowest BCUT2D eigenvalue weighted by Crippen LogP contribution is -2.13. The zero-order valence-corrected chi connectivity index (χ0v) is 12.2. The Morgan fingerprint density at radius 1 is 1.10 bits per heavy atom. The summed E-state index contributed by atoms with van der Waals surface area (Å²) < 4.78 is 2.08. The molecule has 1 aromatic heterocycles. The summed E-state index contributed by atoms with van der Waals surface area (Å²) in [5, 5.41) is 2.86. The molecule has 5 heteroatoms. The Bertz CT molecular complexity index is 692. The van der Waals surface area contributed by atoms with E-state index >= 15 is 0 Å². The Balaban J connectivity index is 1.60. The number of carbonyl (C=O) groups is 1. The van der Waals surface area contributed by atoms with Crippen LogP contribution in [0.3, 0.4) is 0 Å². The zero-order valence-electron chi connectivity index (χ0n) is 10.6. The fourth-order valence-corrected chi connectivity index (χ4v) is 3.63. The average molecular weight is 300 g/mol. The number of rotatable bonds is 4. The summed E-state index contributed by atoms with van der Waals surface area (Å²) in [6, 6.07) is 17.5. The fourth-order valence-electron chi connectivity index (χ4n) is 1.76. The minimum atomic E-state index is -0.0135. The van der Waals surface area contributed by atoms with Crippen molar-refractivity contribution in [1.29, 1.82) is 0 Å². The van der Waals surface area contributed by atoms with E-state index in [4.69, 9.17) is 0 Å². The molecule has 20 heavy (non-hydrogen) atoms. The predicted octanol–water partition coefficient (Wildman–Crippen LogP) is 4.03. The number of anilines is 1. The number of aromatic nitrogens is 1. The number of nitrogens with one attached hydrogen (secondary N) is 1. The summed E-state index contributed by atoms with van der Waals surface area (Å²) in [6.45, 7) is 0. The fraction of sp³-hybridized carbons (Fsp3) is 0.0667. The summed E-state index contributed by atoms with van der Waals surface area (Å²) in [5.41, 5.74) is 1.81. The highest BCUT2D eigenvalue weighted by atomic mass is 32.2. The second kappa shape index (κ2) is 6.07. The van der Waals surface area contributed by atoms with Crippen molar-refractivity contribution < 1.29 is 4.79 Å². The third kappa shape index (κ3) is 3.18. The van der Waals surface area contributed by atoms with Gasteiger partial charge in [-0.05, 0) is 24.3 Å². The smallest absolute Gasteiger partial charge is 0.234 e. The second-order valence-electron chi connectivity index (χ2n) is 4.15. The van der Waals surface area contributed by atoms with Crippen LogP contribution in [-0.2, 0) is 4.79 Å². The first-order chi connectivity index (χ1) is 9.81. The number of benzene rings is 2. The lowest BCUT2D eigenvalue weighted by molar-refractivity contribution is -0.113. The summed E-state index contributed by atoms with van der Waals surface area (Å²) in [6.07, 6.45) is 0. The normalized spacial score (nSPS) is 10.6. The van der Waals surface area contributed by atoms with Crippen LogP contribution in [0.4, 0.5) is 5.69 Å². The zero-order chi connectivity index (χ0) is 13.8. The van der Waals surface area contributed by atoms with E-state index in [0.29, 0.717) is 5.75 Å². The number of para-hydroxylation sites is 2. The van der Waals surface area contributed by atoms with Crippen LogP contribution in [0.1, 0.15) is 0 Å². The molecule has 0 saturated carbocycles. The molecule has 0 saturated heterocycles. The van der Waals surface area contributed by atoms with Gasteiger partial charge in [0, 0.05) is 5.69 Å². The van der Waals surface area contributed by atoms with Gasteiger partial charge in [-0.1, -0.05) is 42.1 Å². The maximum atomic E-state index is 11.8. The van der Waals surface area contributed by atoms with Gasteiger partial charge in [-0.3, -0.25) is 4.79 Å². The maximum absolute atomic E-state index is 11.8. The molecule has 3 rings (SSSR count). The second-order valence-corrected chi connectivity index (χ2v) is 6.40. The minimum absolute atomic E-state index is 0.0135. The Labute approximate surface area is 125 Å². The lowest BCUT2D eigenvalue weighted by atomic mass is 10.3. The Kier molecular flexibility index (Phi) is 3.99. The third-order valence-electron chi connectivity index (χ3n) is 2.66. The van der Waals surface area contributed by atoms with Gasteiger partial charge in [-0.15, -0.1) is 11.3 Å². The van der Waals surface area contributed by atoms with Crippen LogP contribution in [0.5, 0.6) is 0 Å². The SMILES string of the molecule is O=C(CSc1nc2ccccc2s1)Nc1ccccc1. The third-order valence-corrected chi connectivity index (χ3v) is 4.84. The van der Waals surface area contributed by atoms with Crippen molar-refractivity contribution in [3.63, 3.8) is 0 Å². The largest absolute Gasteiger partial charge is 0.325 e. The van der Waals surface area contributed by atoms with Crippen molar-refractivity contribution in [1.82, 2.24) is 4.98 Å². The molecule has 100 valence electrons. The van der Waals surface area contributed by atoms with Crippen LogP contribution in [0.2, 0.25) is 0 Å². The van der Waals surface area contributed by atoms with Gasteiger partial charge in [0.1, 0.15) is 0 Å². The quantitative estimate of drug-likeness (QED) is 0.740. The van der Waals surface area contributed by atoms with Gasteiger partial charge in [0.05, 0.1) is 16.0 Å². The van der Waals surface area contributed by atoms with Gasteiger partial charge in [-0.2, -0.15) is 0 Å². The summed E-state index contributed by atoms with van der Waals surface area (Å²) in [4.78, 5) is 16.3. The van der Waals surface area contributed by atoms with Crippen LogP contribution in [0.15, 0.2) is 58.9 Å². The molecular formula is C15H12N2OS2. The van der Waals surface area contributed by atoms with E-state index in [1.165, 1.54) is 11.8 Å². The van der Waals surface area contributed by atoms with Gasteiger partial charge in [0.25, 0.3) is 0 Å². The lowest BCUT2D eigenvalue weighted by Gasteiger charge is -2.03. The molecule has 2 aromatic carbocycles. The highest BCUT2D eigenvalue weighted by molar-refractivity contribution is 8.01. The molecule has 0 aliphatic rings. The summed E-state index contributed by atoms with van der Waals surface area (Å²) in [5.74, 6) is 0.356. The molecule has 1 N–H and O–H groups in total. The van der Waals surface area contributed by atoms with Crippen LogP contribution in [0.25, 0.3) is 10.2 Å². The molecule has 0 aliphatic carbocycles. The number of hydrogen-bond acceptors (Lipinski definition) is 4. The highest BCUT2D eigenvalue weighted by Crippen LogP contribution is 2.29. The van der Waals surface area contributed by atoms with E-state index in [1.807, 2.05) is 54.6 Å². The van der Waals surface area contributed by atoms with E-state index in [2.05, 4.69) is 10.3 Å². The molecule has 0 atom stereocenters. The van der Waals surface area contributed by atoms with E-state index in [9.17, 15) is 4.79 Å². The summed E-state index contributed by atoms with van der Waals surface area (Å²) in [7, 11) is 0. The molecule has 0 radical (unpaired) electrons. The van der Waals surface area contributed by atoms with Crippen molar-refractivity contribution in [3.05, 3.63) is 54.6 Å². The maximum Gasteiger partial charge on any atom is 0.234 e. The molecular weight excluding hydrogens is 288 g/mol. The topological polar surface area (TPSA) is 42.0 Å². The Morgan fingerprint density at radius 3 is 2.65 bits per heavy atom. The standard InChI is InChI=1S/C15H12N2OS2/c18-14(16-11-6-2-1-3-7-11)10-19-15-17-12-8-4-5-9-13(12)20-15/h1-9H,10H2,(H,16,18). The van der Waals surface area contributed by atoms with E-state index in [1.54, 1.807) is 11.3 Å². The van der Waals surface area contributed by atoms with E-state index in [0.717, 1.165) is 20.2 Å². The molecule has 0 unspecified atom stereocenters. The van der Waals surface area contributed by atoms with Gasteiger partial charge >= 0.3 is 0 Å². The van der Waals surface area contributed by atoms with E-state index in [-0.39, 0.29) is 5.91 Å². The van der Waals surface area contributed by atoms with Gasteiger partial charge < -0.3 is 5.32 Å². The first-order valence-corrected chi connectivity index (χ1v) is 7.95. The molecule has 3 aromatic rings. The monoisotopic (exact) mass is 300 g/mol. The molecule has 1 heterocycles. The highest BCUT2D eigenvalue weighted by Gasteiger charge is 2.07. The number of carbonyl (C=O) groups excluding carboxylic acids is 1. The first kappa shape index (κ1) is 13.1. The number of thiazole rings is 1. The van der Waals surface area contributed by atoms with Crippen LogP contribution >= 0.6 is 23.1 Å². The van der Waals surface area contributed by atoms with Crippen LogP contribution < -0.4 is 5.32 Å². The van der Waals surface area contributed by atoms with Gasteiger partial charge in [-0.25, -0.2) is 4.98 Å². The minimum Gasteiger partial charge on any atom is -0.325 e. The number of nitrogens with zero attached hydrogens (tertiary/aromatic N) is 1. The summed E-state index contributed by atoms with van der Waals surface area (Å²) >= 11 is 3.09. The van der Waals surface area contributed by atoms with Crippen molar-refractivity contribution in [2.24, 2.45) is 0 Å². The van der Waals surface area contributed by atoms with Gasteiger partial charge in [0.15, 0.2) is 4.34 Å². The van der Waals surface area contributed by atoms with Crippen molar-refractivity contribution in [2.75, 3.05) is 11.1 Å². The van der Waals surface area contributed by atoms with Crippen molar-refractivity contribution in [2.45, 2.75) is 4.34 Å². The Morgan fingerprint density at radius 2 is 1.85 bits per heavy atom. The predicted molar refractivity (Wildman–Crippen MR) is 85.4 cm³/mol. The average Bonchev–Trinajstić information content (AvgIpc) is 2.89. The van der Waals surface area contributed by atoms with Crippen molar-refractivity contribution in [3.8, 4) is 0 Å². The number of fused-ring (bicyclic) bond motifs is 1. The molecule has 0 aliphatic heterocycles. The molecule has 1 amide bonds. The first-order valence-electron chi connectivity index (χ1n) is 6.14. The molecule has 0 fully saturated rings. The molecule has 0 spiro atoms. The number of amides is 1. The molecule has 0 bridgehead atoms. The van der Waals surface area contributed by atoms with Crippen LogP contribution in [0, 0.1) is 0 Å². The molecule has 3 nitrogen and oxygen atoms in total. The van der Waals surface area contributed by atoms with Gasteiger partial charge in [0.2, 0.25) is 5.91 Å².